The summed E-state index contributed by atoms with van der Waals surface area (Å²) in [6.07, 6.45) is 0. The van der Waals surface area contributed by atoms with Crippen LogP contribution in [0.25, 0.3) is 11.5 Å². The molecule has 0 saturated heterocycles. The van der Waals surface area contributed by atoms with E-state index in [-0.39, 0.29) is 5.91 Å². The standard InChI is InChI=1S/C20H20ClN3O2/c1-20(2,3)19(25)22-16(13-9-11-15(21)12-10-13)18-24-23-17(26-18)14-7-5-4-6-8-14/h4-12,16H,1-3H3,(H,22,25)/t16-/m1/s1. The molecule has 1 amide bonds. The lowest BCUT2D eigenvalue weighted by Crippen LogP contribution is -2.38. The summed E-state index contributed by atoms with van der Waals surface area (Å²) in [5, 5.41) is 11.9. The van der Waals surface area contributed by atoms with Gasteiger partial charge in [0.1, 0.15) is 6.04 Å². The molecule has 0 fully saturated rings. The molecule has 1 aromatic heterocycles. The lowest BCUT2D eigenvalue weighted by molar-refractivity contribution is -0.129. The molecule has 2 aromatic carbocycles. The van der Waals surface area contributed by atoms with E-state index in [0.29, 0.717) is 16.8 Å². The highest BCUT2D eigenvalue weighted by atomic mass is 35.5. The first kappa shape index (κ1) is 18.1. The van der Waals surface area contributed by atoms with Crippen molar-refractivity contribution in [2.45, 2.75) is 26.8 Å². The summed E-state index contributed by atoms with van der Waals surface area (Å²) in [5.74, 6) is 0.616. The summed E-state index contributed by atoms with van der Waals surface area (Å²) < 4.78 is 5.86. The molecule has 0 aliphatic rings. The number of halogens is 1. The first-order valence-electron chi connectivity index (χ1n) is 8.30. The smallest absolute Gasteiger partial charge is 0.247 e. The van der Waals surface area contributed by atoms with Crippen molar-refractivity contribution in [1.82, 2.24) is 15.5 Å². The molecule has 0 radical (unpaired) electrons. The Bertz CT molecular complexity index is 883. The Morgan fingerprint density at radius 2 is 1.69 bits per heavy atom. The van der Waals surface area contributed by atoms with E-state index < -0.39 is 11.5 Å². The molecule has 0 aliphatic heterocycles. The Balaban J connectivity index is 1.97. The predicted octanol–water partition coefficient (Wildman–Crippen LogP) is 4.64. The predicted molar refractivity (Wildman–Crippen MR) is 101 cm³/mol. The SMILES string of the molecule is CC(C)(C)C(=O)N[C@H](c1ccc(Cl)cc1)c1nnc(-c2ccccc2)o1. The molecule has 3 aromatic rings. The second-order valence-corrected chi connectivity index (χ2v) is 7.46. The van der Waals surface area contributed by atoms with Crippen LogP contribution in [-0.2, 0) is 4.79 Å². The molecule has 5 nitrogen and oxygen atoms in total. The largest absolute Gasteiger partial charge is 0.418 e. The van der Waals surface area contributed by atoms with Gasteiger partial charge in [-0.2, -0.15) is 0 Å². The fourth-order valence-electron chi connectivity index (χ4n) is 2.34. The maximum Gasteiger partial charge on any atom is 0.247 e. The third-order valence-corrected chi connectivity index (χ3v) is 4.12. The van der Waals surface area contributed by atoms with Crippen LogP contribution in [0.3, 0.4) is 0 Å². The van der Waals surface area contributed by atoms with E-state index in [1.807, 2.05) is 63.2 Å². The third-order valence-electron chi connectivity index (χ3n) is 3.87. The number of nitrogens with one attached hydrogen (secondary N) is 1. The van der Waals surface area contributed by atoms with Crippen LogP contribution in [-0.4, -0.2) is 16.1 Å². The molecule has 0 spiro atoms. The van der Waals surface area contributed by atoms with Gasteiger partial charge in [0.25, 0.3) is 0 Å². The second-order valence-electron chi connectivity index (χ2n) is 7.02. The molecular formula is C20H20ClN3O2. The zero-order valence-corrected chi connectivity index (χ0v) is 15.6. The van der Waals surface area contributed by atoms with Gasteiger partial charge in [0.2, 0.25) is 17.7 Å². The fraction of sp³-hybridized carbons (Fsp3) is 0.250. The number of benzene rings is 2. The first-order valence-corrected chi connectivity index (χ1v) is 8.67. The zero-order chi connectivity index (χ0) is 18.7. The van der Waals surface area contributed by atoms with Gasteiger partial charge >= 0.3 is 0 Å². The van der Waals surface area contributed by atoms with E-state index in [1.54, 1.807) is 12.1 Å². The Morgan fingerprint density at radius 1 is 1.04 bits per heavy atom. The summed E-state index contributed by atoms with van der Waals surface area (Å²) in [6.45, 7) is 5.55. The number of hydrogen-bond acceptors (Lipinski definition) is 4. The maximum absolute atomic E-state index is 12.5. The van der Waals surface area contributed by atoms with Crippen LogP contribution in [0.15, 0.2) is 59.0 Å². The van der Waals surface area contributed by atoms with Crippen molar-refractivity contribution in [2.75, 3.05) is 0 Å². The Hall–Kier alpha value is -2.66. The van der Waals surface area contributed by atoms with Crippen LogP contribution in [0.4, 0.5) is 0 Å². The molecule has 3 rings (SSSR count). The van der Waals surface area contributed by atoms with Crippen molar-refractivity contribution in [3.8, 4) is 11.5 Å². The van der Waals surface area contributed by atoms with Crippen LogP contribution < -0.4 is 5.32 Å². The average Bonchev–Trinajstić information content (AvgIpc) is 3.10. The van der Waals surface area contributed by atoms with Crippen molar-refractivity contribution in [2.24, 2.45) is 5.41 Å². The molecule has 0 aliphatic carbocycles. The molecule has 1 heterocycles. The lowest BCUT2D eigenvalue weighted by atomic mass is 9.94. The number of carbonyl (C=O) groups excluding carboxylic acids is 1. The molecule has 0 unspecified atom stereocenters. The number of carbonyl (C=O) groups is 1. The first-order chi connectivity index (χ1) is 12.3. The molecule has 0 saturated carbocycles. The summed E-state index contributed by atoms with van der Waals surface area (Å²) >= 11 is 5.99. The number of rotatable bonds is 4. The van der Waals surface area contributed by atoms with E-state index in [4.69, 9.17) is 16.0 Å². The van der Waals surface area contributed by atoms with Gasteiger partial charge in [-0.05, 0) is 29.8 Å². The Kier molecular flexibility index (Phi) is 5.09. The molecule has 6 heteroatoms. The van der Waals surface area contributed by atoms with Gasteiger partial charge in [0.15, 0.2) is 0 Å². The summed E-state index contributed by atoms with van der Waals surface area (Å²) in [4.78, 5) is 12.5. The monoisotopic (exact) mass is 369 g/mol. The molecule has 1 atom stereocenters. The highest BCUT2D eigenvalue weighted by Crippen LogP contribution is 2.27. The van der Waals surface area contributed by atoms with Crippen LogP contribution in [0.1, 0.15) is 38.3 Å². The normalized spacial score (nSPS) is 12.6. The highest BCUT2D eigenvalue weighted by molar-refractivity contribution is 6.30. The van der Waals surface area contributed by atoms with Gasteiger partial charge in [-0.25, -0.2) is 0 Å². The number of hydrogen-bond donors (Lipinski definition) is 1. The minimum atomic E-state index is -0.552. The van der Waals surface area contributed by atoms with Gasteiger partial charge < -0.3 is 9.73 Å². The second kappa shape index (κ2) is 7.30. The van der Waals surface area contributed by atoms with Gasteiger partial charge in [0.05, 0.1) is 0 Å². The van der Waals surface area contributed by atoms with Gasteiger partial charge in [0, 0.05) is 16.0 Å². The third kappa shape index (κ3) is 4.11. The van der Waals surface area contributed by atoms with Crippen LogP contribution in [0, 0.1) is 5.41 Å². The van der Waals surface area contributed by atoms with Crippen LogP contribution >= 0.6 is 11.6 Å². The average molecular weight is 370 g/mol. The molecule has 26 heavy (non-hydrogen) atoms. The van der Waals surface area contributed by atoms with Crippen molar-refractivity contribution in [3.63, 3.8) is 0 Å². The van der Waals surface area contributed by atoms with Crippen molar-refractivity contribution >= 4 is 17.5 Å². The van der Waals surface area contributed by atoms with E-state index in [1.165, 1.54) is 0 Å². The summed E-state index contributed by atoms with van der Waals surface area (Å²) in [7, 11) is 0. The summed E-state index contributed by atoms with van der Waals surface area (Å²) in [5.41, 5.74) is 1.09. The van der Waals surface area contributed by atoms with E-state index in [2.05, 4.69) is 15.5 Å². The van der Waals surface area contributed by atoms with Crippen molar-refractivity contribution in [1.29, 1.82) is 0 Å². The molecule has 1 N–H and O–H groups in total. The molecular weight excluding hydrogens is 350 g/mol. The van der Waals surface area contributed by atoms with Crippen LogP contribution in [0.2, 0.25) is 5.02 Å². The Labute approximate surface area is 157 Å². The number of amides is 1. The lowest BCUT2D eigenvalue weighted by Gasteiger charge is -2.22. The highest BCUT2D eigenvalue weighted by Gasteiger charge is 2.28. The Morgan fingerprint density at radius 3 is 2.31 bits per heavy atom. The maximum atomic E-state index is 12.5. The van der Waals surface area contributed by atoms with E-state index >= 15 is 0 Å². The molecule has 0 bridgehead atoms. The topological polar surface area (TPSA) is 68.0 Å². The molecule has 134 valence electrons. The minimum Gasteiger partial charge on any atom is -0.418 e. The van der Waals surface area contributed by atoms with E-state index in [0.717, 1.165) is 11.1 Å². The zero-order valence-electron chi connectivity index (χ0n) is 14.9. The quantitative estimate of drug-likeness (QED) is 0.727. The van der Waals surface area contributed by atoms with Gasteiger partial charge in [-0.15, -0.1) is 10.2 Å². The van der Waals surface area contributed by atoms with E-state index in [9.17, 15) is 4.79 Å². The minimum absolute atomic E-state index is 0.114. The summed E-state index contributed by atoms with van der Waals surface area (Å²) in [6, 6.07) is 16.2. The van der Waals surface area contributed by atoms with Crippen molar-refractivity contribution < 1.29 is 9.21 Å². The van der Waals surface area contributed by atoms with Gasteiger partial charge in [-0.3, -0.25) is 4.79 Å². The van der Waals surface area contributed by atoms with Crippen molar-refractivity contribution in [3.05, 3.63) is 71.1 Å². The van der Waals surface area contributed by atoms with Gasteiger partial charge in [-0.1, -0.05) is 62.7 Å². The number of nitrogens with zero attached hydrogens (tertiary/aromatic N) is 2. The van der Waals surface area contributed by atoms with Crippen LogP contribution in [0.5, 0.6) is 0 Å². The number of aromatic nitrogens is 2. The fourth-order valence-corrected chi connectivity index (χ4v) is 2.47.